The van der Waals surface area contributed by atoms with E-state index in [1.807, 2.05) is 60.7 Å². The van der Waals surface area contributed by atoms with Crippen LogP contribution in [-0.2, 0) is 0 Å². The van der Waals surface area contributed by atoms with Gasteiger partial charge in [0.25, 0.3) is 5.91 Å². The minimum absolute atomic E-state index is 0.0706. The third kappa shape index (κ3) is 3.28. The summed E-state index contributed by atoms with van der Waals surface area (Å²) in [6.07, 6.45) is -0.539. The summed E-state index contributed by atoms with van der Waals surface area (Å²) in [6, 6.07) is 18.6. The van der Waals surface area contributed by atoms with Gasteiger partial charge in [0.05, 0.1) is 12.1 Å². The van der Waals surface area contributed by atoms with Gasteiger partial charge >= 0.3 is 0 Å². The predicted octanol–water partition coefficient (Wildman–Crippen LogP) is 2.40. The number of β-amino-alcohol motifs (C(OH)–C–C–N with tert-alkyl or cyclic N) is 1. The first-order chi connectivity index (χ1) is 11.2. The van der Waals surface area contributed by atoms with Gasteiger partial charge in [0, 0.05) is 24.3 Å². The fourth-order valence-electron chi connectivity index (χ4n) is 3.13. The molecule has 4 nitrogen and oxygen atoms in total. The lowest BCUT2D eigenvalue weighted by atomic mass is 10.1. The highest BCUT2D eigenvalue weighted by Crippen LogP contribution is 2.25. The Morgan fingerprint density at radius 2 is 1.70 bits per heavy atom. The third-order valence-electron chi connectivity index (χ3n) is 4.39. The number of benzene rings is 2. The summed E-state index contributed by atoms with van der Waals surface area (Å²) in [6.45, 7) is 4.23. The second-order valence-corrected chi connectivity index (χ2v) is 5.86. The Hall–Kier alpha value is -2.17. The zero-order chi connectivity index (χ0) is 16.2. The summed E-state index contributed by atoms with van der Waals surface area (Å²) >= 11 is 0. The average molecular weight is 310 g/mol. The minimum Gasteiger partial charge on any atom is -0.390 e. The van der Waals surface area contributed by atoms with E-state index in [0.717, 1.165) is 12.2 Å². The Kier molecular flexibility index (Phi) is 4.74. The van der Waals surface area contributed by atoms with Crippen LogP contribution in [-0.4, -0.2) is 47.7 Å². The molecule has 1 amide bonds. The number of hydrogen-bond donors (Lipinski definition) is 1. The third-order valence-corrected chi connectivity index (χ3v) is 4.39. The molecule has 0 radical (unpaired) electrons. The lowest BCUT2D eigenvalue weighted by molar-refractivity contribution is 0.0945. The molecule has 1 saturated heterocycles. The van der Waals surface area contributed by atoms with Gasteiger partial charge in [-0.1, -0.05) is 43.3 Å². The van der Waals surface area contributed by atoms with Gasteiger partial charge in [0.2, 0.25) is 0 Å². The molecule has 0 spiro atoms. The van der Waals surface area contributed by atoms with Crippen LogP contribution in [0.5, 0.6) is 0 Å². The summed E-state index contributed by atoms with van der Waals surface area (Å²) in [5, 5.41) is 10.5. The summed E-state index contributed by atoms with van der Waals surface area (Å²) in [5.41, 5.74) is 1.46. The number of carbonyl (C=O) groups excluding carboxylic acids is 1. The molecule has 0 aromatic heterocycles. The summed E-state index contributed by atoms with van der Waals surface area (Å²) in [5.74, 6) is -0.0706. The number of likely N-dealkylation sites (tertiary alicyclic amines) is 1. The Labute approximate surface area is 137 Å². The van der Waals surface area contributed by atoms with Crippen molar-refractivity contribution in [2.24, 2.45) is 0 Å². The normalized spacial score (nSPS) is 21.3. The lowest BCUT2D eigenvalue weighted by Crippen LogP contribution is -2.47. The van der Waals surface area contributed by atoms with Crippen molar-refractivity contribution >= 4 is 11.6 Å². The minimum atomic E-state index is -0.539. The van der Waals surface area contributed by atoms with Gasteiger partial charge in [-0.05, 0) is 30.8 Å². The van der Waals surface area contributed by atoms with Crippen molar-refractivity contribution in [1.29, 1.82) is 0 Å². The van der Waals surface area contributed by atoms with Crippen LogP contribution in [0.3, 0.4) is 0 Å². The molecule has 1 N–H and O–H groups in total. The highest BCUT2D eigenvalue weighted by atomic mass is 16.3. The van der Waals surface area contributed by atoms with E-state index in [1.165, 1.54) is 0 Å². The average Bonchev–Trinajstić information content (AvgIpc) is 2.98. The number of amides is 1. The molecule has 0 bridgehead atoms. The Balaban J connectivity index is 1.96. The van der Waals surface area contributed by atoms with E-state index in [0.29, 0.717) is 18.7 Å². The van der Waals surface area contributed by atoms with Gasteiger partial charge in [0.1, 0.15) is 0 Å². The zero-order valence-corrected chi connectivity index (χ0v) is 13.3. The van der Waals surface area contributed by atoms with Crippen LogP contribution in [0.1, 0.15) is 17.3 Å². The fraction of sp³-hybridized carbons (Fsp3) is 0.316. The first-order valence-corrected chi connectivity index (χ1v) is 8.04. The van der Waals surface area contributed by atoms with Gasteiger partial charge in [-0.2, -0.15) is 0 Å². The molecule has 2 aromatic rings. The number of para-hydroxylation sites is 1. The number of carbonyl (C=O) groups is 1. The van der Waals surface area contributed by atoms with E-state index < -0.39 is 6.10 Å². The Bertz CT molecular complexity index is 645. The number of hydrogen-bond acceptors (Lipinski definition) is 3. The molecule has 23 heavy (non-hydrogen) atoms. The molecule has 1 heterocycles. The van der Waals surface area contributed by atoms with Crippen molar-refractivity contribution in [2.75, 3.05) is 24.5 Å². The van der Waals surface area contributed by atoms with Crippen LogP contribution in [0.15, 0.2) is 60.7 Å². The molecule has 3 rings (SSSR count). The van der Waals surface area contributed by atoms with Crippen LogP contribution in [0.4, 0.5) is 5.69 Å². The maximum Gasteiger partial charge on any atom is 0.258 e. The van der Waals surface area contributed by atoms with Crippen LogP contribution in [0.25, 0.3) is 0 Å². The summed E-state index contributed by atoms with van der Waals surface area (Å²) < 4.78 is 0. The standard InChI is InChI=1S/C19H22N2O2/c1-2-20-13-17(18(22)14-20)21(16-11-7-4-8-12-16)19(23)15-9-5-3-6-10-15/h3-12,17-18,22H,2,13-14H2,1H3/t17-,18-/m0/s1. The maximum absolute atomic E-state index is 13.1. The number of aliphatic hydroxyl groups is 1. The molecular weight excluding hydrogens is 288 g/mol. The van der Waals surface area contributed by atoms with Crippen molar-refractivity contribution in [3.63, 3.8) is 0 Å². The van der Waals surface area contributed by atoms with Crippen molar-refractivity contribution in [1.82, 2.24) is 4.90 Å². The van der Waals surface area contributed by atoms with Crippen LogP contribution in [0.2, 0.25) is 0 Å². The zero-order valence-electron chi connectivity index (χ0n) is 13.3. The van der Waals surface area contributed by atoms with Crippen molar-refractivity contribution in [2.45, 2.75) is 19.1 Å². The highest BCUT2D eigenvalue weighted by molar-refractivity contribution is 6.06. The monoisotopic (exact) mass is 310 g/mol. The van der Waals surface area contributed by atoms with E-state index in [2.05, 4.69) is 11.8 Å². The second kappa shape index (κ2) is 6.94. The summed E-state index contributed by atoms with van der Waals surface area (Å²) in [4.78, 5) is 17.0. The van der Waals surface area contributed by atoms with Gasteiger partial charge in [-0.15, -0.1) is 0 Å². The van der Waals surface area contributed by atoms with E-state index in [1.54, 1.807) is 4.90 Å². The second-order valence-electron chi connectivity index (χ2n) is 5.86. The van der Waals surface area contributed by atoms with E-state index in [-0.39, 0.29) is 11.9 Å². The van der Waals surface area contributed by atoms with Gasteiger partial charge in [-0.3, -0.25) is 9.69 Å². The first-order valence-electron chi connectivity index (χ1n) is 8.04. The first kappa shape index (κ1) is 15.7. The summed E-state index contributed by atoms with van der Waals surface area (Å²) in [7, 11) is 0. The molecule has 1 fully saturated rings. The maximum atomic E-state index is 13.1. The molecule has 2 aromatic carbocycles. The van der Waals surface area contributed by atoms with E-state index >= 15 is 0 Å². The number of nitrogens with zero attached hydrogens (tertiary/aromatic N) is 2. The van der Waals surface area contributed by atoms with Crippen molar-refractivity contribution in [3.8, 4) is 0 Å². The quantitative estimate of drug-likeness (QED) is 0.943. The van der Waals surface area contributed by atoms with Gasteiger partial charge < -0.3 is 10.0 Å². The number of anilines is 1. The highest BCUT2D eigenvalue weighted by Gasteiger charge is 2.38. The predicted molar refractivity (Wildman–Crippen MR) is 91.6 cm³/mol. The molecule has 1 aliphatic heterocycles. The Morgan fingerprint density at radius 1 is 1.09 bits per heavy atom. The number of likely N-dealkylation sites (N-methyl/N-ethyl adjacent to an activating group) is 1. The molecular formula is C19H22N2O2. The number of aliphatic hydroxyl groups excluding tert-OH is 1. The van der Waals surface area contributed by atoms with Gasteiger partial charge in [-0.25, -0.2) is 0 Å². The van der Waals surface area contributed by atoms with Crippen LogP contribution >= 0.6 is 0 Å². The topological polar surface area (TPSA) is 43.8 Å². The smallest absolute Gasteiger partial charge is 0.258 e. The van der Waals surface area contributed by atoms with E-state index in [9.17, 15) is 9.90 Å². The van der Waals surface area contributed by atoms with Gasteiger partial charge in [0.15, 0.2) is 0 Å². The van der Waals surface area contributed by atoms with Crippen molar-refractivity contribution < 1.29 is 9.90 Å². The van der Waals surface area contributed by atoms with E-state index in [4.69, 9.17) is 0 Å². The SMILES string of the molecule is CCN1C[C@H](O)[C@@H](N(C(=O)c2ccccc2)c2ccccc2)C1. The molecule has 4 heteroatoms. The lowest BCUT2D eigenvalue weighted by Gasteiger charge is -2.31. The molecule has 0 aliphatic carbocycles. The Morgan fingerprint density at radius 3 is 2.26 bits per heavy atom. The molecule has 120 valence electrons. The molecule has 1 aliphatic rings. The molecule has 0 unspecified atom stereocenters. The number of rotatable bonds is 4. The molecule has 2 atom stereocenters. The largest absolute Gasteiger partial charge is 0.390 e. The van der Waals surface area contributed by atoms with Crippen LogP contribution < -0.4 is 4.90 Å². The fourth-order valence-corrected chi connectivity index (χ4v) is 3.13. The van der Waals surface area contributed by atoms with Crippen molar-refractivity contribution in [3.05, 3.63) is 66.2 Å². The van der Waals surface area contributed by atoms with Crippen LogP contribution in [0, 0.1) is 0 Å². The molecule has 0 saturated carbocycles.